The van der Waals surface area contributed by atoms with Gasteiger partial charge in [-0.15, -0.1) is 0 Å². The summed E-state index contributed by atoms with van der Waals surface area (Å²) in [7, 11) is -0.552. The number of hydrogen-bond donors (Lipinski definition) is 1. The number of carbonyl (C=O) groups is 1. The van der Waals surface area contributed by atoms with Gasteiger partial charge in [0.25, 0.3) is 11.1 Å². The first-order valence-electron chi connectivity index (χ1n) is 10.3. The van der Waals surface area contributed by atoms with E-state index in [0.29, 0.717) is 41.0 Å². The summed E-state index contributed by atoms with van der Waals surface area (Å²) in [5, 5.41) is 11.4. The summed E-state index contributed by atoms with van der Waals surface area (Å²) >= 11 is 0.695. The standard InChI is InChI=1S/C23H22N4O7S2/c1-31-17-5-7-18(8-6-17)33-10-11-34-19-9-4-15(13-20(19)32-2)12-16(14-24)21(28)25-22-26-23(27-35-22)36(3,29)30/h4-9,12-13H,10-11H2,1-3H3,(H,25,26,27,28). The van der Waals surface area contributed by atoms with Crippen molar-refractivity contribution in [1.29, 1.82) is 5.26 Å². The first-order valence-corrected chi connectivity index (χ1v) is 12.9. The summed E-state index contributed by atoms with van der Waals surface area (Å²) in [4.78, 5) is 16.2. The van der Waals surface area contributed by atoms with Crippen molar-refractivity contribution in [3.63, 3.8) is 0 Å². The molecule has 0 aliphatic rings. The van der Waals surface area contributed by atoms with E-state index in [9.17, 15) is 18.5 Å². The monoisotopic (exact) mass is 530 g/mol. The van der Waals surface area contributed by atoms with Crippen molar-refractivity contribution >= 4 is 38.5 Å². The Morgan fingerprint density at radius 3 is 2.36 bits per heavy atom. The van der Waals surface area contributed by atoms with Crippen LogP contribution in [-0.2, 0) is 14.6 Å². The number of aromatic nitrogens is 2. The number of ether oxygens (including phenoxy) is 4. The van der Waals surface area contributed by atoms with Crippen molar-refractivity contribution in [2.24, 2.45) is 0 Å². The second-order valence-corrected chi connectivity index (χ2v) is 9.72. The van der Waals surface area contributed by atoms with Crippen molar-refractivity contribution in [1.82, 2.24) is 9.36 Å². The summed E-state index contributed by atoms with van der Waals surface area (Å²) in [5.41, 5.74) is 0.282. The number of nitrogens with zero attached hydrogens (tertiary/aromatic N) is 3. The van der Waals surface area contributed by atoms with Gasteiger partial charge in [0.2, 0.25) is 15.0 Å². The van der Waals surface area contributed by atoms with E-state index in [-0.39, 0.29) is 17.3 Å². The molecule has 0 bridgehead atoms. The molecule has 0 radical (unpaired) electrons. The summed E-state index contributed by atoms with van der Waals surface area (Å²) in [5.74, 6) is 1.50. The number of nitriles is 1. The highest BCUT2D eigenvalue weighted by molar-refractivity contribution is 7.90. The molecule has 0 saturated heterocycles. The molecule has 188 valence electrons. The van der Waals surface area contributed by atoms with Gasteiger partial charge in [0.1, 0.15) is 36.4 Å². The van der Waals surface area contributed by atoms with Gasteiger partial charge in [-0.1, -0.05) is 6.07 Å². The number of amides is 1. The maximum absolute atomic E-state index is 12.5. The molecule has 0 atom stereocenters. The Morgan fingerprint density at radius 2 is 1.75 bits per heavy atom. The number of benzene rings is 2. The minimum absolute atomic E-state index is 0.0419. The lowest BCUT2D eigenvalue weighted by Crippen LogP contribution is -2.13. The van der Waals surface area contributed by atoms with Crippen LogP contribution in [-0.4, -0.2) is 57.4 Å². The zero-order valence-electron chi connectivity index (χ0n) is 19.5. The number of carbonyl (C=O) groups excluding carboxylic acids is 1. The maximum Gasteiger partial charge on any atom is 0.268 e. The van der Waals surface area contributed by atoms with Gasteiger partial charge in [-0.05, 0) is 48.0 Å². The van der Waals surface area contributed by atoms with E-state index < -0.39 is 20.9 Å². The molecule has 1 aromatic heterocycles. The maximum atomic E-state index is 12.5. The van der Waals surface area contributed by atoms with Crippen molar-refractivity contribution in [3.8, 4) is 29.1 Å². The molecular weight excluding hydrogens is 508 g/mol. The Hall–Kier alpha value is -4.15. The molecule has 3 rings (SSSR count). The van der Waals surface area contributed by atoms with Gasteiger partial charge in [-0.25, -0.2) is 8.42 Å². The van der Waals surface area contributed by atoms with E-state index in [4.69, 9.17) is 18.9 Å². The molecule has 36 heavy (non-hydrogen) atoms. The quantitative estimate of drug-likeness (QED) is 0.223. The third kappa shape index (κ3) is 7.17. The number of anilines is 1. The summed E-state index contributed by atoms with van der Waals surface area (Å²) in [6, 6.07) is 13.9. The minimum atomic E-state index is -3.61. The lowest BCUT2D eigenvalue weighted by molar-refractivity contribution is -0.112. The van der Waals surface area contributed by atoms with E-state index >= 15 is 0 Å². The number of rotatable bonds is 11. The number of methoxy groups -OCH3 is 2. The molecule has 3 aromatic rings. The van der Waals surface area contributed by atoms with E-state index in [1.165, 1.54) is 13.2 Å². The van der Waals surface area contributed by atoms with Crippen LogP contribution in [0.4, 0.5) is 5.13 Å². The predicted octanol–water partition coefficient (Wildman–Crippen LogP) is 2.96. The Balaban J connectivity index is 1.62. The molecule has 1 amide bonds. The van der Waals surface area contributed by atoms with Crippen LogP contribution in [0.5, 0.6) is 23.0 Å². The fourth-order valence-electron chi connectivity index (χ4n) is 2.77. The molecule has 0 fully saturated rings. The van der Waals surface area contributed by atoms with Gasteiger partial charge in [0.15, 0.2) is 11.5 Å². The van der Waals surface area contributed by atoms with E-state index in [1.54, 1.807) is 49.6 Å². The normalized spacial score (nSPS) is 11.3. The smallest absolute Gasteiger partial charge is 0.268 e. The largest absolute Gasteiger partial charge is 0.497 e. The molecule has 1 heterocycles. The number of hydrogen-bond acceptors (Lipinski definition) is 11. The van der Waals surface area contributed by atoms with Crippen molar-refractivity contribution in [2.75, 3.05) is 39.0 Å². The molecule has 13 heteroatoms. The number of nitrogens with one attached hydrogen (secondary N) is 1. The summed E-state index contributed by atoms with van der Waals surface area (Å²) in [6.07, 6.45) is 2.31. The Labute approximate surface area is 212 Å². The van der Waals surface area contributed by atoms with Crippen LogP contribution in [0.1, 0.15) is 5.56 Å². The van der Waals surface area contributed by atoms with Crippen LogP contribution in [0.2, 0.25) is 0 Å². The van der Waals surface area contributed by atoms with E-state index in [0.717, 1.165) is 12.0 Å². The average Bonchev–Trinajstić information content (AvgIpc) is 3.35. The van der Waals surface area contributed by atoms with Gasteiger partial charge in [-0.2, -0.15) is 14.6 Å². The molecule has 2 aromatic carbocycles. The van der Waals surface area contributed by atoms with Gasteiger partial charge >= 0.3 is 0 Å². The SMILES string of the molecule is COc1ccc(OCCOc2ccc(C=C(C#N)C(=O)Nc3nc(S(C)(=O)=O)ns3)cc2OC)cc1. The van der Waals surface area contributed by atoms with Crippen molar-refractivity contribution in [3.05, 3.63) is 53.6 Å². The highest BCUT2D eigenvalue weighted by Crippen LogP contribution is 2.29. The highest BCUT2D eigenvalue weighted by Gasteiger charge is 2.17. The zero-order chi connectivity index (χ0) is 26.1. The van der Waals surface area contributed by atoms with E-state index in [1.807, 2.05) is 6.07 Å². The van der Waals surface area contributed by atoms with Gasteiger partial charge in [0, 0.05) is 17.8 Å². The van der Waals surface area contributed by atoms with Crippen LogP contribution >= 0.6 is 11.5 Å². The highest BCUT2D eigenvalue weighted by atomic mass is 32.2. The fourth-order valence-corrected chi connectivity index (χ4v) is 4.21. The topological polar surface area (TPSA) is 150 Å². The minimum Gasteiger partial charge on any atom is -0.497 e. The summed E-state index contributed by atoms with van der Waals surface area (Å²) in [6.45, 7) is 0.545. The molecule has 0 aliphatic heterocycles. The van der Waals surface area contributed by atoms with E-state index in [2.05, 4.69) is 14.7 Å². The zero-order valence-corrected chi connectivity index (χ0v) is 21.2. The lowest BCUT2D eigenvalue weighted by atomic mass is 10.1. The Kier molecular flexibility index (Phi) is 8.82. The number of sulfone groups is 1. The lowest BCUT2D eigenvalue weighted by Gasteiger charge is -2.12. The molecule has 0 spiro atoms. The first kappa shape index (κ1) is 26.5. The molecular formula is C23H22N4O7S2. The molecule has 0 saturated carbocycles. The molecule has 1 N–H and O–H groups in total. The first-order chi connectivity index (χ1) is 17.2. The third-order valence-electron chi connectivity index (χ3n) is 4.49. The second kappa shape index (κ2) is 12.0. The molecule has 0 unspecified atom stereocenters. The molecule has 0 aliphatic carbocycles. The van der Waals surface area contributed by atoms with Crippen LogP contribution in [0, 0.1) is 11.3 Å². The predicted molar refractivity (Wildman–Crippen MR) is 132 cm³/mol. The molecule has 11 nitrogen and oxygen atoms in total. The Bertz CT molecular complexity index is 1390. The van der Waals surface area contributed by atoms with Crippen LogP contribution in [0.3, 0.4) is 0 Å². The Morgan fingerprint density at radius 1 is 1.06 bits per heavy atom. The van der Waals surface area contributed by atoms with Gasteiger partial charge in [0.05, 0.1) is 14.2 Å². The van der Waals surface area contributed by atoms with Gasteiger partial charge in [-0.3, -0.25) is 10.1 Å². The van der Waals surface area contributed by atoms with Crippen molar-refractivity contribution in [2.45, 2.75) is 5.16 Å². The average molecular weight is 531 g/mol. The van der Waals surface area contributed by atoms with Crippen LogP contribution in [0.25, 0.3) is 6.08 Å². The second-order valence-electron chi connectivity index (χ2n) is 7.06. The summed E-state index contributed by atoms with van der Waals surface area (Å²) < 4.78 is 48.5. The third-order valence-corrected chi connectivity index (χ3v) is 6.08. The van der Waals surface area contributed by atoms with Crippen molar-refractivity contribution < 1.29 is 32.2 Å². The van der Waals surface area contributed by atoms with Crippen LogP contribution < -0.4 is 24.3 Å². The van der Waals surface area contributed by atoms with Gasteiger partial charge < -0.3 is 18.9 Å². The van der Waals surface area contributed by atoms with Crippen LogP contribution in [0.15, 0.2) is 53.2 Å². The fraction of sp³-hybridized carbons (Fsp3) is 0.217.